The Kier molecular flexibility index (Phi) is 2.75. The summed E-state index contributed by atoms with van der Waals surface area (Å²) in [4.78, 5) is 10.2. The summed E-state index contributed by atoms with van der Waals surface area (Å²) in [6.07, 6.45) is 0. The smallest absolute Gasteiger partial charge is 0.313 e. The van der Waals surface area contributed by atoms with Crippen LogP contribution in [0.1, 0.15) is 11.3 Å². The highest BCUT2D eigenvalue weighted by atomic mass is 32.2. The highest BCUT2D eigenvalue weighted by molar-refractivity contribution is 7.99. The van der Waals surface area contributed by atoms with Gasteiger partial charge in [0.15, 0.2) is 0 Å². The largest absolute Gasteiger partial charge is 0.481 e. The Bertz CT molecular complexity index is 295. The Labute approximate surface area is 73.9 Å². The minimum absolute atomic E-state index is 0.0206. The molecule has 0 bridgehead atoms. The molecule has 5 heteroatoms. The molecule has 12 heavy (non-hydrogen) atoms. The zero-order chi connectivity index (χ0) is 9.14. The molecule has 0 aromatic carbocycles. The Morgan fingerprint density at radius 1 is 1.67 bits per heavy atom. The van der Waals surface area contributed by atoms with Crippen molar-refractivity contribution in [2.24, 2.45) is 0 Å². The average molecular weight is 187 g/mol. The molecule has 0 amide bonds. The van der Waals surface area contributed by atoms with Gasteiger partial charge in [-0.25, -0.2) is 0 Å². The van der Waals surface area contributed by atoms with E-state index in [9.17, 15) is 4.79 Å². The van der Waals surface area contributed by atoms with Crippen LogP contribution >= 0.6 is 11.8 Å². The lowest BCUT2D eigenvalue weighted by Gasteiger charge is -1.91. The number of hydrogen-bond donors (Lipinski definition) is 1. The molecule has 1 heterocycles. The third-order valence-corrected chi connectivity index (χ3v) is 2.49. The van der Waals surface area contributed by atoms with E-state index in [1.165, 1.54) is 11.8 Å². The summed E-state index contributed by atoms with van der Waals surface area (Å²) in [6.45, 7) is 3.66. The standard InChI is InChI=1S/C7H9NO3S/c1-4-5(2)11-8-7(4)12-3-6(9)10/h3H2,1-2H3,(H,9,10). The van der Waals surface area contributed by atoms with E-state index >= 15 is 0 Å². The van der Waals surface area contributed by atoms with E-state index in [0.717, 1.165) is 11.3 Å². The lowest BCUT2D eigenvalue weighted by Crippen LogP contribution is -1.97. The van der Waals surface area contributed by atoms with Crippen LogP contribution in [0.5, 0.6) is 0 Å². The van der Waals surface area contributed by atoms with Crippen LogP contribution in [0.3, 0.4) is 0 Å². The molecular weight excluding hydrogens is 178 g/mol. The Balaban J connectivity index is 2.63. The van der Waals surface area contributed by atoms with Gasteiger partial charge in [-0.05, 0) is 13.8 Å². The molecular formula is C7H9NO3S. The fraction of sp³-hybridized carbons (Fsp3) is 0.429. The van der Waals surface area contributed by atoms with Gasteiger partial charge in [0.05, 0.1) is 5.75 Å². The van der Waals surface area contributed by atoms with Gasteiger partial charge in [-0.15, -0.1) is 0 Å². The summed E-state index contributed by atoms with van der Waals surface area (Å²) in [5.74, 6) is -0.0877. The molecule has 0 fully saturated rings. The van der Waals surface area contributed by atoms with Crippen molar-refractivity contribution in [3.05, 3.63) is 11.3 Å². The van der Waals surface area contributed by atoms with Crippen molar-refractivity contribution in [1.29, 1.82) is 0 Å². The van der Waals surface area contributed by atoms with E-state index in [4.69, 9.17) is 9.63 Å². The first-order valence-electron chi connectivity index (χ1n) is 3.38. The molecule has 0 aliphatic rings. The third-order valence-electron chi connectivity index (χ3n) is 1.45. The SMILES string of the molecule is Cc1onc(SCC(=O)O)c1C. The number of aromatic nitrogens is 1. The Hall–Kier alpha value is -0.970. The topological polar surface area (TPSA) is 63.3 Å². The van der Waals surface area contributed by atoms with Gasteiger partial charge in [-0.1, -0.05) is 16.9 Å². The van der Waals surface area contributed by atoms with Crippen LogP contribution in [-0.4, -0.2) is 22.0 Å². The van der Waals surface area contributed by atoms with Gasteiger partial charge in [-0.2, -0.15) is 0 Å². The lowest BCUT2D eigenvalue weighted by molar-refractivity contribution is -0.133. The maximum absolute atomic E-state index is 10.2. The second-order valence-electron chi connectivity index (χ2n) is 2.35. The molecule has 1 aromatic rings. The highest BCUT2D eigenvalue weighted by Gasteiger charge is 2.09. The predicted molar refractivity (Wildman–Crippen MR) is 44.3 cm³/mol. The first-order chi connectivity index (χ1) is 5.61. The monoisotopic (exact) mass is 187 g/mol. The summed E-state index contributed by atoms with van der Waals surface area (Å²) in [5, 5.41) is 12.8. The van der Waals surface area contributed by atoms with Crippen molar-refractivity contribution in [1.82, 2.24) is 5.16 Å². The number of thioether (sulfide) groups is 1. The number of carboxylic acids is 1. The van der Waals surface area contributed by atoms with E-state index in [1.54, 1.807) is 6.92 Å². The van der Waals surface area contributed by atoms with Gasteiger partial charge in [0.25, 0.3) is 0 Å². The maximum atomic E-state index is 10.2. The van der Waals surface area contributed by atoms with Gasteiger partial charge in [-0.3, -0.25) is 4.79 Å². The molecule has 0 atom stereocenters. The molecule has 1 N–H and O–H groups in total. The second kappa shape index (κ2) is 3.62. The average Bonchev–Trinajstić information content (AvgIpc) is 2.30. The fourth-order valence-corrected chi connectivity index (χ4v) is 1.37. The molecule has 0 radical (unpaired) electrons. The molecule has 1 rings (SSSR count). The van der Waals surface area contributed by atoms with E-state index in [2.05, 4.69) is 5.16 Å². The number of carbonyl (C=O) groups is 1. The summed E-state index contributed by atoms with van der Waals surface area (Å²) < 4.78 is 4.86. The van der Waals surface area contributed by atoms with Crippen molar-refractivity contribution in [3.8, 4) is 0 Å². The zero-order valence-electron chi connectivity index (χ0n) is 6.83. The normalized spacial score (nSPS) is 10.2. The lowest BCUT2D eigenvalue weighted by atomic mass is 10.3. The molecule has 0 saturated heterocycles. The van der Waals surface area contributed by atoms with Crippen LogP contribution in [0.4, 0.5) is 0 Å². The Morgan fingerprint density at radius 3 is 2.75 bits per heavy atom. The number of carboxylic acid groups (broad SMARTS) is 1. The molecule has 4 nitrogen and oxygen atoms in total. The van der Waals surface area contributed by atoms with Crippen LogP contribution in [0.2, 0.25) is 0 Å². The Morgan fingerprint density at radius 2 is 2.33 bits per heavy atom. The first kappa shape index (κ1) is 9.12. The van der Waals surface area contributed by atoms with Crippen LogP contribution in [0.25, 0.3) is 0 Å². The van der Waals surface area contributed by atoms with Crippen LogP contribution in [-0.2, 0) is 4.79 Å². The number of aryl methyl sites for hydroxylation is 1. The van der Waals surface area contributed by atoms with Crippen molar-refractivity contribution in [2.75, 3.05) is 5.75 Å². The highest BCUT2D eigenvalue weighted by Crippen LogP contribution is 2.22. The van der Waals surface area contributed by atoms with Gasteiger partial charge < -0.3 is 9.63 Å². The van der Waals surface area contributed by atoms with Crippen molar-refractivity contribution in [3.63, 3.8) is 0 Å². The molecule has 0 saturated carbocycles. The maximum Gasteiger partial charge on any atom is 0.313 e. The van der Waals surface area contributed by atoms with Crippen LogP contribution < -0.4 is 0 Å². The molecule has 1 aromatic heterocycles. The number of rotatable bonds is 3. The third kappa shape index (κ3) is 2.01. The first-order valence-corrected chi connectivity index (χ1v) is 4.37. The summed E-state index contributed by atoms with van der Waals surface area (Å²) >= 11 is 1.17. The minimum Gasteiger partial charge on any atom is -0.481 e. The van der Waals surface area contributed by atoms with Crippen molar-refractivity contribution >= 4 is 17.7 Å². The van der Waals surface area contributed by atoms with E-state index in [-0.39, 0.29) is 5.75 Å². The second-order valence-corrected chi connectivity index (χ2v) is 3.32. The molecule has 0 aliphatic carbocycles. The van der Waals surface area contributed by atoms with Gasteiger partial charge >= 0.3 is 5.97 Å². The summed E-state index contributed by atoms with van der Waals surface area (Å²) in [7, 11) is 0. The fourth-order valence-electron chi connectivity index (χ4n) is 0.662. The van der Waals surface area contributed by atoms with E-state index < -0.39 is 5.97 Å². The zero-order valence-corrected chi connectivity index (χ0v) is 7.64. The molecule has 66 valence electrons. The molecule has 0 unspecified atom stereocenters. The quantitative estimate of drug-likeness (QED) is 0.726. The van der Waals surface area contributed by atoms with Crippen molar-refractivity contribution < 1.29 is 14.4 Å². The minimum atomic E-state index is -0.847. The summed E-state index contributed by atoms with van der Waals surface area (Å²) in [6, 6.07) is 0. The van der Waals surface area contributed by atoms with Gasteiger partial charge in [0.1, 0.15) is 10.8 Å². The number of aliphatic carboxylic acids is 1. The van der Waals surface area contributed by atoms with E-state index in [0.29, 0.717) is 5.03 Å². The van der Waals surface area contributed by atoms with E-state index in [1.807, 2.05) is 6.92 Å². The van der Waals surface area contributed by atoms with Crippen LogP contribution in [0.15, 0.2) is 9.55 Å². The van der Waals surface area contributed by atoms with Gasteiger partial charge in [0.2, 0.25) is 0 Å². The van der Waals surface area contributed by atoms with Crippen LogP contribution in [0, 0.1) is 13.8 Å². The number of nitrogens with zero attached hydrogens (tertiary/aromatic N) is 1. The van der Waals surface area contributed by atoms with Gasteiger partial charge in [0, 0.05) is 5.56 Å². The van der Waals surface area contributed by atoms with Crippen molar-refractivity contribution in [2.45, 2.75) is 18.9 Å². The molecule has 0 aliphatic heterocycles. The molecule has 0 spiro atoms. The predicted octanol–water partition coefficient (Wildman–Crippen LogP) is 1.47. The summed E-state index contributed by atoms with van der Waals surface area (Å²) in [5.41, 5.74) is 0.918. The number of hydrogen-bond acceptors (Lipinski definition) is 4.